The Labute approximate surface area is 219 Å². The number of fused-ring (bicyclic) bond motifs is 1. The molecule has 38 heavy (non-hydrogen) atoms. The van der Waals surface area contributed by atoms with E-state index < -0.39 is 28.9 Å². The lowest BCUT2D eigenvalue weighted by atomic mass is 9.91. The lowest BCUT2D eigenvalue weighted by molar-refractivity contribution is -0.170. The molecule has 0 aliphatic carbocycles. The number of methoxy groups -OCH3 is 1. The van der Waals surface area contributed by atoms with Crippen LogP contribution in [0.15, 0.2) is 30.3 Å². The summed E-state index contributed by atoms with van der Waals surface area (Å²) in [6, 6.07) is 6.44. The molecule has 0 saturated carbocycles. The monoisotopic (exact) mass is 535 g/mol. The third-order valence-electron chi connectivity index (χ3n) is 6.27. The van der Waals surface area contributed by atoms with Gasteiger partial charge in [0.2, 0.25) is 0 Å². The topological polar surface area (TPSA) is 95.0 Å². The number of ether oxygens (including phenoxy) is 4. The summed E-state index contributed by atoms with van der Waals surface area (Å²) in [5.41, 5.74) is -2.77. The van der Waals surface area contributed by atoms with E-state index in [4.69, 9.17) is 18.9 Å². The molecule has 1 aliphatic rings. The summed E-state index contributed by atoms with van der Waals surface area (Å²) in [6.07, 6.45) is -0.102. The van der Waals surface area contributed by atoms with E-state index in [0.717, 1.165) is 19.9 Å². The summed E-state index contributed by atoms with van der Waals surface area (Å²) >= 11 is 0. The van der Waals surface area contributed by atoms with Crippen LogP contribution in [-0.2, 0) is 15.4 Å². The van der Waals surface area contributed by atoms with Crippen molar-refractivity contribution in [3.63, 3.8) is 0 Å². The van der Waals surface area contributed by atoms with Gasteiger partial charge in [0.25, 0.3) is 0 Å². The predicted molar refractivity (Wildman–Crippen MR) is 136 cm³/mol. The summed E-state index contributed by atoms with van der Waals surface area (Å²) in [5, 5.41) is 13.7. The number of nitrogens with one attached hydrogen (secondary N) is 1. The molecule has 3 aromatic rings. The Morgan fingerprint density at radius 2 is 1.89 bits per heavy atom. The van der Waals surface area contributed by atoms with Crippen LogP contribution in [-0.4, -0.2) is 60.3 Å². The third kappa shape index (κ3) is 5.64. The molecule has 1 atom stereocenters. The molecule has 1 fully saturated rings. The largest absolute Gasteiger partial charge is 0.487 e. The molecular formula is C27H32F3N3O5. The van der Waals surface area contributed by atoms with Crippen LogP contribution in [0.3, 0.4) is 0 Å². The first-order valence-corrected chi connectivity index (χ1v) is 12.3. The highest BCUT2D eigenvalue weighted by Crippen LogP contribution is 2.42. The Bertz CT molecular complexity index is 1300. The van der Waals surface area contributed by atoms with Gasteiger partial charge in [-0.1, -0.05) is 12.1 Å². The van der Waals surface area contributed by atoms with Gasteiger partial charge >= 0.3 is 5.92 Å². The maximum atomic E-state index is 15.4. The fourth-order valence-electron chi connectivity index (χ4n) is 4.00. The summed E-state index contributed by atoms with van der Waals surface area (Å²) in [7, 11) is 1.57. The number of hydrogen-bond donors (Lipinski definition) is 2. The van der Waals surface area contributed by atoms with Gasteiger partial charge in [-0.3, -0.25) is 0 Å². The number of hydrogen-bond acceptors (Lipinski definition) is 8. The number of anilines is 1. The van der Waals surface area contributed by atoms with Crippen LogP contribution < -0.4 is 14.8 Å². The quantitative estimate of drug-likeness (QED) is 0.335. The van der Waals surface area contributed by atoms with E-state index in [1.54, 1.807) is 33.1 Å². The lowest BCUT2D eigenvalue weighted by Crippen LogP contribution is -2.41. The van der Waals surface area contributed by atoms with Crippen molar-refractivity contribution in [2.45, 2.75) is 51.4 Å². The molecule has 0 radical (unpaired) electrons. The standard InChI is InChI=1S/C27H32F3N3O5/c1-15(18-7-6-8-20(24(18)28)27(29,30)26(3,4)34)31-25-19-11-22(37-10-9-35-5)23(38-17-13-36-14-17)12-21(19)32-16(2)33-25/h6-8,11-12,15,17,34H,9-10,13-14H2,1-5H3,(H,31,32,33)/t15-/m1/s1. The van der Waals surface area contributed by atoms with Gasteiger partial charge < -0.3 is 29.4 Å². The number of nitrogens with zero attached hydrogens (tertiary/aromatic N) is 2. The first-order valence-electron chi connectivity index (χ1n) is 12.3. The van der Waals surface area contributed by atoms with Gasteiger partial charge in [0.05, 0.1) is 36.9 Å². The van der Waals surface area contributed by atoms with Crippen LogP contribution in [0.5, 0.6) is 11.5 Å². The molecule has 1 aliphatic heterocycles. The van der Waals surface area contributed by atoms with Gasteiger partial charge in [0.1, 0.15) is 35.8 Å². The molecule has 0 spiro atoms. The number of aryl methyl sites for hydroxylation is 1. The van der Waals surface area contributed by atoms with Crippen molar-refractivity contribution in [2.24, 2.45) is 0 Å². The number of rotatable bonds is 11. The van der Waals surface area contributed by atoms with Crippen LogP contribution in [0, 0.1) is 12.7 Å². The molecule has 2 N–H and O–H groups in total. The Morgan fingerprint density at radius 3 is 2.53 bits per heavy atom. The van der Waals surface area contributed by atoms with Crippen molar-refractivity contribution in [1.82, 2.24) is 9.97 Å². The fourth-order valence-corrected chi connectivity index (χ4v) is 4.00. The number of aliphatic hydroxyl groups is 1. The molecule has 8 nitrogen and oxygen atoms in total. The van der Waals surface area contributed by atoms with Gasteiger partial charge in [0.15, 0.2) is 11.5 Å². The third-order valence-corrected chi connectivity index (χ3v) is 6.27. The number of halogens is 3. The molecule has 1 saturated heterocycles. The molecule has 4 rings (SSSR count). The fraction of sp³-hybridized carbons (Fsp3) is 0.481. The number of alkyl halides is 2. The van der Waals surface area contributed by atoms with Crippen molar-refractivity contribution in [3.8, 4) is 11.5 Å². The van der Waals surface area contributed by atoms with Crippen LogP contribution in [0.4, 0.5) is 19.0 Å². The van der Waals surface area contributed by atoms with Gasteiger partial charge in [-0.25, -0.2) is 14.4 Å². The van der Waals surface area contributed by atoms with E-state index in [1.165, 1.54) is 12.1 Å². The van der Waals surface area contributed by atoms with E-state index in [2.05, 4.69) is 15.3 Å². The average Bonchev–Trinajstić information content (AvgIpc) is 2.81. The zero-order chi connectivity index (χ0) is 27.7. The molecule has 2 aromatic carbocycles. The first kappa shape index (κ1) is 27.9. The van der Waals surface area contributed by atoms with E-state index in [9.17, 15) is 13.9 Å². The molecule has 11 heteroatoms. The van der Waals surface area contributed by atoms with Crippen LogP contribution in [0.2, 0.25) is 0 Å². The Morgan fingerprint density at radius 1 is 1.16 bits per heavy atom. The molecule has 206 valence electrons. The molecule has 2 heterocycles. The second-order valence-electron chi connectivity index (χ2n) is 9.76. The Hall–Kier alpha value is -3.15. The minimum absolute atomic E-state index is 0.00246. The maximum Gasteiger partial charge on any atom is 0.303 e. The minimum atomic E-state index is -3.80. The van der Waals surface area contributed by atoms with Crippen molar-refractivity contribution in [1.29, 1.82) is 0 Å². The van der Waals surface area contributed by atoms with Gasteiger partial charge in [-0.2, -0.15) is 8.78 Å². The Kier molecular flexibility index (Phi) is 8.01. The highest BCUT2D eigenvalue weighted by Gasteiger charge is 2.49. The van der Waals surface area contributed by atoms with Crippen LogP contribution >= 0.6 is 0 Å². The van der Waals surface area contributed by atoms with Gasteiger partial charge in [-0.05, 0) is 39.8 Å². The van der Waals surface area contributed by atoms with Crippen molar-refractivity contribution in [2.75, 3.05) is 38.9 Å². The molecule has 0 unspecified atom stereocenters. The lowest BCUT2D eigenvalue weighted by Gasteiger charge is -2.30. The molecular weight excluding hydrogens is 503 g/mol. The maximum absolute atomic E-state index is 15.4. The molecule has 0 amide bonds. The molecule has 1 aromatic heterocycles. The van der Waals surface area contributed by atoms with Crippen LogP contribution in [0.25, 0.3) is 10.9 Å². The SMILES string of the molecule is COCCOc1cc2c(N[C@H](C)c3cccc(C(F)(F)C(C)(C)O)c3F)nc(C)nc2cc1OC1COC1. The zero-order valence-corrected chi connectivity index (χ0v) is 22.0. The summed E-state index contributed by atoms with van der Waals surface area (Å²) in [5.74, 6) is -3.15. The number of benzene rings is 2. The summed E-state index contributed by atoms with van der Waals surface area (Å²) in [6.45, 7) is 6.82. The first-order chi connectivity index (χ1) is 17.9. The minimum Gasteiger partial charge on any atom is -0.487 e. The van der Waals surface area contributed by atoms with Gasteiger partial charge in [-0.15, -0.1) is 0 Å². The number of aromatic nitrogens is 2. The van der Waals surface area contributed by atoms with Crippen LogP contribution in [0.1, 0.15) is 43.8 Å². The normalized spacial score (nSPS) is 15.3. The van der Waals surface area contributed by atoms with Crippen molar-refractivity contribution in [3.05, 3.63) is 53.1 Å². The van der Waals surface area contributed by atoms with E-state index in [-0.39, 0.29) is 18.3 Å². The second kappa shape index (κ2) is 10.9. The smallest absolute Gasteiger partial charge is 0.303 e. The van der Waals surface area contributed by atoms with Crippen molar-refractivity contribution >= 4 is 16.7 Å². The second-order valence-corrected chi connectivity index (χ2v) is 9.76. The highest BCUT2D eigenvalue weighted by atomic mass is 19.3. The average molecular weight is 536 g/mol. The van der Waals surface area contributed by atoms with E-state index in [1.807, 2.05) is 0 Å². The summed E-state index contributed by atoms with van der Waals surface area (Å²) in [4.78, 5) is 9.00. The highest BCUT2D eigenvalue weighted by molar-refractivity contribution is 5.92. The predicted octanol–water partition coefficient (Wildman–Crippen LogP) is 4.92. The van der Waals surface area contributed by atoms with Crippen molar-refractivity contribution < 1.29 is 37.2 Å². The Balaban J connectivity index is 1.71. The van der Waals surface area contributed by atoms with E-state index in [0.29, 0.717) is 53.9 Å². The van der Waals surface area contributed by atoms with E-state index >= 15 is 4.39 Å². The zero-order valence-electron chi connectivity index (χ0n) is 22.0. The summed E-state index contributed by atoms with van der Waals surface area (Å²) < 4.78 is 67.2. The van der Waals surface area contributed by atoms with Gasteiger partial charge in [0, 0.05) is 24.1 Å². The molecule has 0 bridgehead atoms.